The molecule has 0 aliphatic carbocycles. The summed E-state index contributed by atoms with van der Waals surface area (Å²) in [6.07, 6.45) is 3.91. The second-order valence-corrected chi connectivity index (χ2v) is 5.67. The molecule has 0 atom stereocenters. The predicted octanol–water partition coefficient (Wildman–Crippen LogP) is 3.78. The van der Waals surface area contributed by atoms with Crippen LogP contribution in [-0.4, -0.2) is 23.7 Å². The highest BCUT2D eigenvalue weighted by Gasteiger charge is 2.04. The molecule has 0 saturated heterocycles. The zero-order valence-corrected chi connectivity index (χ0v) is 13.2. The van der Waals surface area contributed by atoms with Gasteiger partial charge in [-0.15, -0.1) is 11.3 Å². The van der Waals surface area contributed by atoms with Crippen molar-refractivity contribution in [3.8, 4) is 0 Å². The number of carboxylic acid groups (broad SMARTS) is 1. The van der Waals surface area contributed by atoms with Crippen LogP contribution in [0.5, 0.6) is 0 Å². The fourth-order valence-electron chi connectivity index (χ4n) is 1.78. The third-order valence-corrected chi connectivity index (χ3v) is 3.84. The molecular formula is C17H17NO4S. The monoisotopic (exact) mass is 331 g/mol. The summed E-state index contributed by atoms with van der Waals surface area (Å²) in [4.78, 5) is 23.1. The number of benzene rings is 1. The second-order valence-electron chi connectivity index (χ2n) is 4.72. The topological polar surface area (TPSA) is 75.6 Å². The Hall–Kier alpha value is -2.60. The van der Waals surface area contributed by atoms with Crippen molar-refractivity contribution in [1.82, 2.24) is 5.32 Å². The smallest absolute Gasteiger partial charge is 0.407 e. The molecule has 1 heterocycles. The predicted molar refractivity (Wildman–Crippen MR) is 89.6 cm³/mol. The summed E-state index contributed by atoms with van der Waals surface area (Å²) in [7, 11) is 0. The van der Waals surface area contributed by atoms with Crippen LogP contribution in [0.15, 0.2) is 47.9 Å². The van der Waals surface area contributed by atoms with Crippen LogP contribution in [0, 0.1) is 0 Å². The van der Waals surface area contributed by atoms with Crippen LogP contribution in [0.2, 0.25) is 0 Å². The van der Waals surface area contributed by atoms with Gasteiger partial charge in [-0.05, 0) is 24.1 Å². The fourth-order valence-corrected chi connectivity index (χ4v) is 2.59. The van der Waals surface area contributed by atoms with E-state index < -0.39 is 12.1 Å². The molecule has 0 fully saturated rings. The average molecular weight is 331 g/mol. The lowest BCUT2D eigenvalue weighted by Crippen LogP contribution is -2.24. The molecular weight excluding hydrogens is 314 g/mol. The van der Waals surface area contributed by atoms with Gasteiger partial charge in [0.1, 0.15) is 6.61 Å². The normalized spacial score (nSPS) is 10.6. The number of carbonyl (C=O) groups is 2. The largest absolute Gasteiger partial charge is 0.478 e. The molecule has 0 unspecified atom stereocenters. The maximum absolute atomic E-state index is 11.5. The summed E-state index contributed by atoms with van der Waals surface area (Å²) in [6.45, 7) is 0.705. The van der Waals surface area contributed by atoms with E-state index in [0.717, 1.165) is 10.4 Å². The molecule has 1 amide bonds. The second kappa shape index (κ2) is 8.75. The number of carbonyl (C=O) groups excluding carboxylic acids is 1. The van der Waals surface area contributed by atoms with Gasteiger partial charge in [-0.1, -0.05) is 36.4 Å². The quantitative estimate of drug-likeness (QED) is 0.757. The van der Waals surface area contributed by atoms with E-state index in [4.69, 9.17) is 9.84 Å². The molecule has 0 aliphatic rings. The van der Waals surface area contributed by atoms with E-state index in [0.29, 0.717) is 13.0 Å². The number of hydrogen-bond acceptors (Lipinski definition) is 4. The minimum Gasteiger partial charge on any atom is -0.478 e. The van der Waals surface area contributed by atoms with Crippen LogP contribution in [0.25, 0.3) is 6.08 Å². The van der Waals surface area contributed by atoms with Crippen LogP contribution in [0.1, 0.15) is 27.2 Å². The van der Waals surface area contributed by atoms with Gasteiger partial charge in [0.25, 0.3) is 0 Å². The standard InChI is InChI=1S/C17H17NO4S/c19-16(20)14-10-15(23-12-14)8-4-5-9-18-17(21)22-11-13-6-2-1-3-7-13/h1-4,6-8,10,12H,5,9,11H2,(H,18,21)(H,19,20). The number of ether oxygens (including phenoxy) is 1. The number of amides is 1. The van der Waals surface area contributed by atoms with Crippen LogP contribution in [-0.2, 0) is 11.3 Å². The molecule has 2 N–H and O–H groups in total. The van der Waals surface area contributed by atoms with E-state index in [1.807, 2.05) is 42.5 Å². The number of rotatable bonds is 7. The van der Waals surface area contributed by atoms with Gasteiger partial charge >= 0.3 is 12.1 Å². The highest BCUT2D eigenvalue weighted by molar-refractivity contribution is 7.11. The summed E-state index contributed by atoms with van der Waals surface area (Å²) in [5, 5.41) is 13.1. The Bertz CT molecular complexity index is 679. The average Bonchev–Trinajstić information content (AvgIpc) is 3.03. The molecule has 6 heteroatoms. The molecule has 0 spiro atoms. The maximum Gasteiger partial charge on any atom is 0.407 e. The lowest BCUT2D eigenvalue weighted by atomic mass is 10.2. The number of aromatic carboxylic acids is 1. The number of carboxylic acids is 1. The molecule has 1 aromatic carbocycles. The van der Waals surface area contributed by atoms with Gasteiger partial charge in [-0.25, -0.2) is 9.59 Å². The van der Waals surface area contributed by atoms with Crippen molar-refractivity contribution in [3.63, 3.8) is 0 Å². The molecule has 0 aliphatic heterocycles. The third-order valence-electron chi connectivity index (χ3n) is 2.94. The van der Waals surface area contributed by atoms with Crippen molar-refractivity contribution in [3.05, 3.63) is 63.9 Å². The zero-order valence-electron chi connectivity index (χ0n) is 12.4. The molecule has 5 nitrogen and oxygen atoms in total. The maximum atomic E-state index is 11.5. The Labute approximate surface area is 138 Å². The molecule has 0 saturated carbocycles. The van der Waals surface area contributed by atoms with Crippen molar-refractivity contribution < 1.29 is 19.4 Å². The van der Waals surface area contributed by atoms with E-state index in [9.17, 15) is 9.59 Å². The lowest BCUT2D eigenvalue weighted by molar-refractivity contribution is 0.0697. The summed E-state index contributed by atoms with van der Waals surface area (Å²) < 4.78 is 5.09. The van der Waals surface area contributed by atoms with Gasteiger partial charge in [0.05, 0.1) is 5.56 Å². The molecule has 1 aromatic heterocycles. The summed E-state index contributed by atoms with van der Waals surface area (Å²) >= 11 is 1.37. The highest BCUT2D eigenvalue weighted by Crippen LogP contribution is 2.16. The van der Waals surface area contributed by atoms with E-state index in [1.165, 1.54) is 11.3 Å². The summed E-state index contributed by atoms with van der Waals surface area (Å²) in [6, 6.07) is 11.1. The molecule has 2 rings (SSSR count). The van der Waals surface area contributed by atoms with Gasteiger partial charge in [-0.2, -0.15) is 0 Å². The molecule has 0 bridgehead atoms. The van der Waals surface area contributed by atoms with E-state index in [2.05, 4.69) is 5.32 Å². The first-order valence-corrected chi connectivity index (χ1v) is 7.96. The first-order valence-electron chi connectivity index (χ1n) is 7.08. The number of thiophene rings is 1. The summed E-state index contributed by atoms with van der Waals surface area (Å²) in [5.74, 6) is -0.927. The first kappa shape index (κ1) is 16.8. The molecule has 2 aromatic rings. The third kappa shape index (κ3) is 5.96. The molecule has 0 radical (unpaired) electrons. The van der Waals surface area contributed by atoms with E-state index >= 15 is 0 Å². The molecule has 120 valence electrons. The van der Waals surface area contributed by atoms with E-state index in [1.54, 1.807) is 11.4 Å². The van der Waals surface area contributed by atoms with Gasteiger partial charge in [-0.3, -0.25) is 0 Å². The van der Waals surface area contributed by atoms with Crippen molar-refractivity contribution >= 4 is 29.5 Å². The van der Waals surface area contributed by atoms with Gasteiger partial charge in [0.15, 0.2) is 0 Å². The van der Waals surface area contributed by atoms with Crippen LogP contribution < -0.4 is 5.32 Å². The number of nitrogens with one attached hydrogen (secondary N) is 1. The van der Waals surface area contributed by atoms with Gasteiger partial charge < -0.3 is 15.2 Å². The number of hydrogen-bond donors (Lipinski definition) is 2. The van der Waals surface area contributed by atoms with Crippen LogP contribution in [0.4, 0.5) is 4.79 Å². The van der Waals surface area contributed by atoms with Crippen molar-refractivity contribution in [2.24, 2.45) is 0 Å². The first-order chi connectivity index (χ1) is 11.1. The Morgan fingerprint density at radius 3 is 2.74 bits per heavy atom. The van der Waals surface area contributed by atoms with Gasteiger partial charge in [0, 0.05) is 16.8 Å². The Morgan fingerprint density at radius 1 is 1.26 bits per heavy atom. The minimum atomic E-state index is -0.927. The van der Waals surface area contributed by atoms with Crippen LogP contribution in [0.3, 0.4) is 0 Å². The molecule has 23 heavy (non-hydrogen) atoms. The lowest BCUT2D eigenvalue weighted by Gasteiger charge is -2.05. The van der Waals surface area contributed by atoms with Crippen molar-refractivity contribution in [2.45, 2.75) is 13.0 Å². The minimum absolute atomic E-state index is 0.246. The Balaban J connectivity index is 1.63. The highest BCUT2D eigenvalue weighted by atomic mass is 32.1. The van der Waals surface area contributed by atoms with Crippen molar-refractivity contribution in [2.75, 3.05) is 6.54 Å². The number of alkyl carbamates (subject to hydrolysis) is 1. The van der Waals surface area contributed by atoms with Crippen molar-refractivity contribution in [1.29, 1.82) is 0 Å². The van der Waals surface area contributed by atoms with E-state index in [-0.39, 0.29) is 12.2 Å². The Kier molecular flexibility index (Phi) is 6.38. The Morgan fingerprint density at radius 2 is 2.04 bits per heavy atom. The fraction of sp³-hybridized carbons (Fsp3) is 0.176. The summed E-state index contributed by atoms with van der Waals surface area (Å²) in [5.41, 5.74) is 1.23. The zero-order chi connectivity index (χ0) is 16.5. The van der Waals surface area contributed by atoms with Gasteiger partial charge in [0.2, 0.25) is 0 Å². The SMILES string of the molecule is O=C(NCCC=Cc1cc(C(=O)O)cs1)OCc1ccccc1. The van der Waals surface area contributed by atoms with Crippen LogP contribution >= 0.6 is 11.3 Å².